The molecule has 2 aromatic rings. The Morgan fingerprint density at radius 1 is 1.07 bits per heavy atom. The van der Waals surface area contributed by atoms with Gasteiger partial charge in [-0.15, -0.1) is 0 Å². The van der Waals surface area contributed by atoms with E-state index in [1.165, 1.54) is 46.8 Å². The maximum absolute atomic E-state index is 12.7. The van der Waals surface area contributed by atoms with Gasteiger partial charge in [-0.1, -0.05) is 23.2 Å². The molecule has 1 N–H and O–H groups in total. The Hall–Kier alpha value is -2.24. The molecule has 0 saturated carbocycles. The van der Waals surface area contributed by atoms with Crippen LogP contribution in [0.1, 0.15) is 0 Å². The van der Waals surface area contributed by atoms with Gasteiger partial charge >= 0.3 is 0 Å². The van der Waals surface area contributed by atoms with Crippen LogP contribution in [0.15, 0.2) is 47.4 Å². The van der Waals surface area contributed by atoms with E-state index in [9.17, 15) is 23.3 Å². The van der Waals surface area contributed by atoms with Gasteiger partial charge in [0.15, 0.2) is 0 Å². The number of nitro groups is 1. The van der Waals surface area contributed by atoms with E-state index in [2.05, 4.69) is 5.32 Å². The largest absolute Gasteiger partial charge is 0.323 e. The number of nitrogens with zero attached hydrogens (tertiary/aromatic N) is 3. The summed E-state index contributed by atoms with van der Waals surface area (Å²) in [5.74, 6) is -0.397. The van der Waals surface area contributed by atoms with Crippen LogP contribution in [0.25, 0.3) is 0 Å². The molecule has 0 spiro atoms. The Bertz CT molecular complexity index is 1050. The Balaban J connectivity index is 1.57. The molecule has 1 aliphatic rings. The predicted molar refractivity (Wildman–Crippen MR) is 113 cm³/mol. The van der Waals surface area contributed by atoms with Crippen molar-refractivity contribution in [3.63, 3.8) is 0 Å². The summed E-state index contributed by atoms with van der Waals surface area (Å²) in [7, 11) is -3.63. The Morgan fingerprint density at radius 3 is 2.30 bits per heavy atom. The van der Waals surface area contributed by atoms with Crippen molar-refractivity contribution < 1.29 is 18.1 Å². The minimum atomic E-state index is -3.63. The van der Waals surface area contributed by atoms with Crippen LogP contribution >= 0.6 is 23.2 Å². The molecule has 0 unspecified atom stereocenters. The Morgan fingerprint density at radius 2 is 1.70 bits per heavy atom. The highest BCUT2D eigenvalue weighted by molar-refractivity contribution is 7.89. The number of carbonyl (C=O) groups is 1. The van der Waals surface area contributed by atoms with E-state index in [4.69, 9.17) is 23.2 Å². The summed E-state index contributed by atoms with van der Waals surface area (Å²) in [4.78, 5) is 24.6. The van der Waals surface area contributed by atoms with Crippen molar-refractivity contribution in [2.45, 2.75) is 4.90 Å². The van der Waals surface area contributed by atoms with Gasteiger partial charge in [0.1, 0.15) is 0 Å². The highest BCUT2D eigenvalue weighted by atomic mass is 35.5. The molecule has 0 aliphatic carbocycles. The van der Waals surface area contributed by atoms with Crippen LogP contribution in [0.2, 0.25) is 10.0 Å². The zero-order chi connectivity index (χ0) is 21.9. The standard InChI is InChI=1S/C18H18Cl2N4O5S/c19-13-1-4-15(5-2-13)30(28,29)23-9-7-22(8-10-23)12-18(25)21-17-11-14(24(26)27)3-6-16(17)20/h1-6,11H,7-10,12H2,(H,21,25). The van der Waals surface area contributed by atoms with Crippen LogP contribution in [0, 0.1) is 10.1 Å². The number of carbonyl (C=O) groups excluding carboxylic acids is 1. The van der Waals surface area contributed by atoms with Gasteiger partial charge in [0.2, 0.25) is 15.9 Å². The van der Waals surface area contributed by atoms with Crippen molar-refractivity contribution in [1.29, 1.82) is 0 Å². The number of hydrogen-bond donors (Lipinski definition) is 1. The quantitative estimate of drug-likeness (QED) is 0.510. The summed E-state index contributed by atoms with van der Waals surface area (Å²) in [5.41, 5.74) is -0.0319. The molecule has 1 aliphatic heterocycles. The zero-order valence-electron chi connectivity index (χ0n) is 15.6. The lowest BCUT2D eigenvalue weighted by Crippen LogP contribution is -2.50. The first-order valence-corrected chi connectivity index (χ1v) is 11.1. The molecule has 160 valence electrons. The molecule has 0 radical (unpaired) electrons. The molecule has 2 aromatic carbocycles. The van der Waals surface area contributed by atoms with Crippen LogP contribution < -0.4 is 5.32 Å². The second-order valence-corrected chi connectivity index (χ2v) is 9.39. The summed E-state index contributed by atoms with van der Waals surface area (Å²) in [5, 5.41) is 14.1. The number of nitrogens with one attached hydrogen (secondary N) is 1. The van der Waals surface area contributed by atoms with E-state index in [0.29, 0.717) is 18.1 Å². The van der Waals surface area contributed by atoms with Gasteiger partial charge in [0, 0.05) is 43.3 Å². The first kappa shape index (κ1) is 22.4. The molecular formula is C18H18Cl2N4O5S. The number of anilines is 1. The lowest BCUT2D eigenvalue weighted by molar-refractivity contribution is -0.384. The van der Waals surface area contributed by atoms with Crippen molar-refractivity contribution >= 4 is 50.5 Å². The van der Waals surface area contributed by atoms with Gasteiger partial charge in [-0.2, -0.15) is 4.31 Å². The molecule has 0 bridgehead atoms. The third-order valence-corrected chi connectivity index (χ3v) is 7.08. The minimum Gasteiger partial charge on any atom is -0.323 e. The van der Waals surface area contributed by atoms with E-state index in [-0.39, 0.29) is 40.9 Å². The number of benzene rings is 2. The van der Waals surface area contributed by atoms with Crippen LogP contribution in [-0.2, 0) is 14.8 Å². The molecule has 9 nitrogen and oxygen atoms in total. The number of halogens is 2. The Kier molecular flexibility index (Phi) is 6.94. The van der Waals surface area contributed by atoms with Crippen molar-refractivity contribution in [3.8, 4) is 0 Å². The molecule has 1 heterocycles. The van der Waals surface area contributed by atoms with E-state index < -0.39 is 20.9 Å². The summed E-state index contributed by atoms with van der Waals surface area (Å²) in [6, 6.07) is 9.74. The number of sulfonamides is 1. The summed E-state index contributed by atoms with van der Waals surface area (Å²) < 4.78 is 26.8. The molecule has 30 heavy (non-hydrogen) atoms. The minimum absolute atomic E-state index is 0.00779. The first-order chi connectivity index (χ1) is 14.2. The van der Waals surface area contributed by atoms with Gasteiger partial charge in [0.25, 0.3) is 5.69 Å². The van der Waals surface area contributed by atoms with Crippen LogP contribution in [-0.4, -0.2) is 61.2 Å². The highest BCUT2D eigenvalue weighted by Gasteiger charge is 2.29. The van der Waals surface area contributed by atoms with Gasteiger partial charge in [0.05, 0.1) is 27.1 Å². The number of rotatable bonds is 6. The molecule has 3 rings (SSSR count). The van der Waals surface area contributed by atoms with Crippen molar-refractivity contribution in [2.75, 3.05) is 38.0 Å². The summed E-state index contributed by atoms with van der Waals surface area (Å²) in [6.07, 6.45) is 0. The second-order valence-electron chi connectivity index (χ2n) is 6.60. The van der Waals surface area contributed by atoms with Crippen molar-refractivity contribution in [1.82, 2.24) is 9.21 Å². The SMILES string of the molecule is O=C(CN1CCN(S(=O)(=O)c2ccc(Cl)cc2)CC1)Nc1cc([N+](=O)[O-])ccc1Cl. The maximum Gasteiger partial charge on any atom is 0.271 e. The molecule has 0 aromatic heterocycles. The van der Waals surface area contributed by atoms with Crippen molar-refractivity contribution in [3.05, 3.63) is 62.6 Å². The fraction of sp³-hybridized carbons (Fsp3) is 0.278. The molecule has 1 amide bonds. The van der Waals surface area contributed by atoms with E-state index in [1.54, 1.807) is 4.90 Å². The van der Waals surface area contributed by atoms with Gasteiger partial charge in [-0.05, 0) is 30.3 Å². The molecule has 1 saturated heterocycles. The summed E-state index contributed by atoms with van der Waals surface area (Å²) in [6.45, 7) is 1.20. The monoisotopic (exact) mass is 472 g/mol. The predicted octanol–water partition coefficient (Wildman–Crippen LogP) is 2.85. The van der Waals surface area contributed by atoms with Gasteiger partial charge < -0.3 is 5.32 Å². The fourth-order valence-corrected chi connectivity index (χ4v) is 4.71. The van der Waals surface area contributed by atoms with Crippen LogP contribution in [0.5, 0.6) is 0 Å². The average molecular weight is 473 g/mol. The topological polar surface area (TPSA) is 113 Å². The zero-order valence-corrected chi connectivity index (χ0v) is 18.0. The van der Waals surface area contributed by atoms with E-state index >= 15 is 0 Å². The molecule has 1 fully saturated rings. The number of nitro benzene ring substituents is 1. The number of amides is 1. The van der Waals surface area contributed by atoms with Crippen molar-refractivity contribution in [2.24, 2.45) is 0 Å². The normalized spacial score (nSPS) is 15.7. The van der Waals surface area contributed by atoms with E-state index in [1.807, 2.05) is 0 Å². The van der Waals surface area contributed by atoms with Gasteiger partial charge in [-0.25, -0.2) is 8.42 Å². The highest BCUT2D eigenvalue weighted by Crippen LogP contribution is 2.26. The Labute approximate surface area is 183 Å². The lowest BCUT2D eigenvalue weighted by Gasteiger charge is -2.33. The third-order valence-electron chi connectivity index (χ3n) is 4.58. The fourth-order valence-electron chi connectivity index (χ4n) is 3.00. The second kappa shape index (κ2) is 9.27. The smallest absolute Gasteiger partial charge is 0.271 e. The maximum atomic E-state index is 12.7. The summed E-state index contributed by atoms with van der Waals surface area (Å²) >= 11 is 11.8. The number of piperazine rings is 1. The van der Waals surface area contributed by atoms with Crippen LogP contribution in [0.4, 0.5) is 11.4 Å². The molecule has 0 atom stereocenters. The van der Waals surface area contributed by atoms with E-state index in [0.717, 1.165) is 0 Å². The number of hydrogen-bond acceptors (Lipinski definition) is 6. The third kappa shape index (κ3) is 5.27. The average Bonchev–Trinajstić information content (AvgIpc) is 2.70. The molecular weight excluding hydrogens is 455 g/mol. The number of non-ortho nitro benzene ring substituents is 1. The molecule has 12 heteroatoms. The lowest BCUT2D eigenvalue weighted by atomic mass is 10.2. The van der Waals surface area contributed by atoms with Gasteiger partial charge in [-0.3, -0.25) is 19.8 Å². The van der Waals surface area contributed by atoms with Crippen LogP contribution in [0.3, 0.4) is 0 Å². The first-order valence-electron chi connectivity index (χ1n) is 8.88.